The van der Waals surface area contributed by atoms with Crippen LogP contribution in [0.1, 0.15) is 11.4 Å². The minimum atomic E-state index is 0.299. The Hall–Kier alpha value is -2.20. The van der Waals surface area contributed by atoms with E-state index >= 15 is 0 Å². The van der Waals surface area contributed by atoms with Gasteiger partial charge in [-0.1, -0.05) is 18.2 Å². The topological polar surface area (TPSA) is 43.6 Å². The van der Waals surface area contributed by atoms with E-state index in [1.165, 1.54) is 5.56 Å². The minimum absolute atomic E-state index is 0.299. The van der Waals surface area contributed by atoms with Gasteiger partial charge < -0.3 is 0 Å². The van der Waals surface area contributed by atoms with Crippen molar-refractivity contribution >= 4 is 11.6 Å². The van der Waals surface area contributed by atoms with Crippen molar-refractivity contribution in [3.05, 3.63) is 60.0 Å². The first kappa shape index (κ1) is 12.8. The first-order valence-corrected chi connectivity index (χ1v) is 6.82. The normalized spacial score (nSPS) is 10.7. The molecule has 0 saturated heterocycles. The fourth-order valence-corrected chi connectivity index (χ4v) is 2.28. The molecule has 0 aliphatic carbocycles. The van der Waals surface area contributed by atoms with E-state index < -0.39 is 0 Å². The monoisotopic (exact) mass is 284 g/mol. The lowest BCUT2D eigenvalue weighted by molar-refractivity contribution is 0.950. The molecule has 0 radical (unpaired) electrons. The lowest BCUT2D eigenvalue weighted by Gasteiger charge is -2.09. The quantitative estimate of drug-likeness (QED) is 0.693. The Balaban J connectivity index is 2.21. The number of aromatic nitrogens is 4. The summed E-state index contributed by atoms with van der Waals surface area (Å²) >= 11 is 5.98. The molecule has 0 fully saturated rings. The molecule has 0 N–H and O–H groups in total. The summed E-state index contributed by atoms with van der Waals surface area (Å²) in [5.74, 6) is 1.71. The summed E-state index contributed by atoms with van der Waals surface area (Å²) in [4.78, 5) is 4.34. The molecule has 0 amide bonds. The molecule has 0 bridgehead atoms. The second-order valence-corrected chi connectivity index (χ2v) is 4.73. The van der Waals surface area contributed by atoms with Crippen LogP contribution in [0.5, 0.6) is 0 Å². The molecule has 5 heteroatoms. The number of pyridine rings is 1. The van der Waals surface area contributed by atoms with Crippen molar-refractivity contribution < 1.29 is 0 Å². The molecule has 0 atom stereocenters. The molecule has 2 heterocycles. The summed E-state index contributed by atoms with van der Waals surface area (Å²) in [7, 11) is 0. The number of rotatable bonds is 3. The van der Waals surface area contributed by atoms with Crippen LogP contribution in [0, 0.1) is 6.92 Å². The molecule has 0 aliphatic heterocycles. The van der Waals surface area contributed by atoms with E-state index in [-0.39, 0.29) is 0 Å². The van der Waals surface area contributed by atoms with Gasteiger partial charge in [-0.05, 0) is 36.8 Å². The van der Waals surface area contributed by atoms with Crippen LogP contribution < -0.4 is 0 Å². The number of aryl methyl sites for hydroxylation is 1. The van der Waals surface area contributed by atoms with Gasteiger partial charge in [0.05, 0.1) is 5.88 Å². The summed E-state index contributed by atoms with van der Waals surface area (Å²) in [5.41, 5.74) is 2.94. The molecule has 100 valence electrons. The second kappa shape index (κ2) is 5.43. The van der Waals surface area contributed by atoms with Crippen LogP contribution in [0.4, 0.5) is 0 Å². The van der Waals surface area contributed by atoms with Crippen LogP contribution in [0.2, 0.25) is 0 Å². The van der Waals surface area contributed by atoms with E-state index in [0.717, 1.165) is 11.4 Å². The van der Waals surface area contributed by atoms with Gasteiger partial charge >= 0.3 is 0 Å². The van der Waals surface area contributed by atoms with E-state index in [1.54, 1.807) is 6.20 Å². The van der Waals surface area contributed by atoms with Crippen molar-refractivity contribution in [2.45, 2.75) is 12.8 Å². The van der Waals surface area contributed by atoms with Crippen molar-refractivity contribution in [1.29, 1.82) is 0 Å². The number of alkyl halides is 1. The predicted octanol–water partition coefficient (Wildman–Crippen LogP) is 3.38. The molecule has 3 aromatic rings. The fraction of sp³-hybridized carbons (Fsp3) is 0.133. The molecule has 0 unspecified atom stereocenters. The highest BCUT2D eigenvalue weighted by molar-refractivity contribution is 6.16. The van der Waals surface area contributed by atoms with Crippen LogP contribution in [-0.2, 0) is 5.88 Å². The zero-order valence-electron chi connectivity index (χ0n) is 11.0. The van der Waals surface area contributed by atoms with Gasteiger partial charge in [0, 0.05) is 11.9 Å². The molecule has 20 heavy (non-hydrogen) atoms. The molecule has 4 nitrogen and oxygen atoms in total. The van der Waals surface area contributed by atoms with Crippen LogP contribution in [0.15, 0.2) is 48.7 Å². The Morgan fingerprint density at radius 3 is 2.70 bits per heavy atom. The van der Waals surface area contributed by atoms with Gasteiger partial charge in [0.2, 0.25) is 0 Å². The molecule has 0 saturated carbocycles. The van der Waals surface area contributed by atoms with Crippen molar-refractivity contribution in [3.8, 4) is 17.2 Å². The van der Waals surface area contributed by atoms with Gasteiger partial charge in [0.1, 0.15) is 5.69 Å². The first-order chi connectivity index (χ1) is 9.79. The molecule has 3 rings (SSSR count). The Bertz CT molecular complexity index is 722. The van der Waals surface area contributed by atoms with Crippen molar-refractivity contribution in [1.82, 2.24) is 19.7 Å². The van der Waals surface area contributed by atoms with Gasteiger partial charge in [-0.3, -0.25) is 9.55 Å². The van der Waals surface area contributed by atoms with E-state index in [9.17, 15) is 0 Å². The number of nitrogens with zero attached hydrogens (tertiary/aromatic N) is 4. The Kier molecular flexibility index (Phi) is 3.48. The van der Waals surface area contributed by atoms with Crippen LogP contribution in [0.3, 0.4) is 0 Å². The maximum absolute atomic E-state index is 5.98. The lowest BCUT2D eigenvalue weighted by Crippen LogP contribution is -2.02. The molecular formula is C15H13ClN4. The smallest absolute Gasteiger partial charge is 0.187 e. The van der Waals surface area contributed by atoms with Gasteiger partial charge in [0.15, 0.2) is 11.6 Å². The third kappa shape index (κ3) is 2.30. The Morgan fingerprint density at radius 1 is 1.10 bits per heavy atom. The third-order valence-electron chi connectivity index (χ3n) is 3.00. The number of hydrogen-bond donors (Lipinski definition) is 0. The molecular weight excluding hydrogens is 272 g/mol. The summed E-state index contributed by atoms with van der Waals surface area (Å²) < 4.78 is 1.95. The van der Waals surface area contributed by atoms with E-state index in [0.29, 0.717) is 17.5 Å². The highest BCUT2D eigenvalue weighted by atomic mass is 35.5. The highest BCUT2D eigenvalue weighted by Gasteiger charge is 2.15. The van der Waals surface area contributed by atoms with E-state index in [1.807, 2.05) is 34.9 Å². The van der Waals surface area contributed by atoms with Crippen molar-refractivity contribution in [3.63, 3.8) is 0 Å². The number of hydrogen-bond acceptors (Lipinski definition) is 3. The van der Waals surface area contributed by atoms with Gasteiger partial charge in [-0.15, -0.1) is 21.8 Å². The van der Waals surface area contributed by atoms with Crippen LogP contribution in [0.25, 0.3) is 17.2 Å². The zero-order chi connectivity index (χ0) is 13.9. The summed E-state index contributed by atoms with van der Waals surface area (Å²) in [6.45, 7) is 2.05. The lowest BCUT2D eigenvalue weighted by atomic mass is 10.2. The molecule has 2 aromatic heterocycles. The van der Waals surface area contributed by atoms with Gasteiger partial charge in [-0.25, -0.2) is 0 Å². The Labute approximate surface area is 122 Å². The molecule has 0 spiro atoms. The average molecular weight is 285 g/mol. The predicted molar refractivity (Wildman–Crippen MR) is 78.9 cm³/mol. The van der Waals surface area contributed by atoms with Gasteiger partial charge in [-0.2, -0.15) is 0 Å². The maximum atomic E-state index is 5.98. The summed E-state index contributed by atoms with van der Waals surface area (Å²) in [6.07, 6.45) is 1.74. The number of halogens is 1. The molecule has 0 aliphatic rings. The third-order valence-corrected chi connectivity index (χ3v) is 3.24. The largest absolute Gasteiger partial charge is 0.277 e. The van der Waals surface area contributed by atoms with Crippen LogP contribution in [-0.4, -0.2) is 19.7 Å². The van der Waals surface area contributed by atoms with Crippen LogP contribution >= 0.6 is 11.6 Å². The van der Waals surface area contributed by atoms with Crippen molar-refractivity contribution in [2.24, 2.45) is 0 Å². The Morgan fingerprint density at radius 2 is 2.00 bits per heavy atom. The number of benzene rings is 1. The molecule has 1 aromatic carbocycles. The average Bonchev–Trinajstić information content (AvgIpc) is 2.92. The summed E-state index contributed by atoms with van der Waals surface area (Å²) in [6, 6.07) is 13.9. The van der Waals surface area contributed by atoms with Crippen molar-refractivity contribution in [2.75, 3.05) is 0 Å². The highest BCUT2D eigenvalue weighted by Crippen LogP contribution is 2.22. The van der Waals surface area contributed by atoms with E-state index in [4.69, 9.17) is 11.6 Å². The minimum Gasteiger partial charge on any atom is -0.277 e. The van der Waals surface area contributed by atoms with E-state index in [2.05, 4.69) is 34.2 Å². The standard InChI is InChI=1S/C15H13ClN4/c1-11-5-4-6-12(9-11)20-14(10-16)18-19-15(20)13-7-2-3-8-17-13/h2-9H,10H2,1H3. The fourth-order valence-electron chi connectivity index (χ4n) is 2.10. The van der Waals surface area contributed by atoms with Gasteiger partial charge in [0.25, 0.3) is 0 Å². The maximum Gasteiger partial charge on any atom is 0.187 e. The first-order valence-electron chi connectivity index (χ1n) is 6.28. The second-order valence-electron chi connectivity index (χ2n) is 4.46. The SMILES string of the molecule is Cc1cccc(-n2c(CCl)nnc2-c2ccccn2)c1. The summed E-state index contributed by atoms with van der Waals surface area (Å²) in [5, 5.41) is 8.39. The zero-order valence-corrected chi connectivity index (χ0v) is 11.7.